The lowest BCUT2D eigenvalue weighted by molar-refractivity contribution is -0.117. The fourth-order valence-corrected chi connectivity index (χ4v) is 9.40. The predicted octanol–water partition coefficient (Wildman–Crippen LogP) is 7.52. The van der Waals surface area contributed by atoms with Crippen molar-refractivity contribution in [2.45, 2.75) is 82.6 Å². The van der Waals surface area contributed by atoms with Crippen LogP contribution in [0.4, 0.5) is 10.1 Å². The number of carbonyl (C=O) groups excluding carboxylic acids is 2. The van der Waals surface area contributed by atoms with Crippen LogP contribution in [-0.4, -0.2) is 68.9 Å². The van der Waals surface area contributed by atoms with Crippen molar-refractivity contribution >= 4 is 28.2 Å². The fraction of sp³-hybridized carbons (Fsp3) is 0.524. The van der Waals surface area contributed by atoms with E-state index in [0.29, 0.717) is 47.7 Å². The SMILES string of the molecule is CN1CCCC1CCNC(=O)C1=CC2Cc3cc4ccccc4cc3Oc3c2c(cc(F)c3N2CCC(CCCC3CCNCC3)CC2)C1=O. The van der Waals surface area contributed by atoms with Crippen molar-refractivity contribution in [3.05, 3.63) is 76.6 Å². The lowest BCUT2D eigenvalue weighted by Gasteiger charge is -2.36. The summed E-state index contributed by atoms with van der Waals surface area (Å²) < 4.78 is 23.3. The monoisotopic (exact) mass is 678 g/mol. The Bertz CT molecular complexity index is 1790. The Morgan fingerprint density at radius 1 is 0.960 bits per heavy atom. The van der Waals surface area contributed by atoms with Gasteiger partial charge in [0, 0.05) is 42.7 Å². The molecule has 1 amide bonds. The molecular weight excluding hydrogens is 627 g/mol. The molecular formula is C42H51FN4O3. The molecule has 3 saturated heterocycles. The van der Waals surface area contributed by atoms with Gasteiger partial charge in [-0.3, -0.25) is 9.59 Å². The minimum Gasteiger partial charge on any atom is -0.454 e. The zero-order valence-corrected chi connectivity index (χ0v) is 29.4. The number of amides is 1. The third kappa shape index (κ3) is 6.69. The van der Waals surface area contributed by atoms with Crippen molar-refractivity contribution in [1.82, 2.24) is 15.5 Å². The molecule has 4 aliphatic heterocycles. The molecule has 4 heterocycles. The van der Waals surface area contributed by atoms with E-state index in [1.54, 1.807) is 0 Å². The number of ketones is 1. The zero-order chi connectivity index (χ0) is 34.2. The molecule has 2 unspecified atom stereocenters. The number of halogens is 1. The number of anilines is 1. The Balaban J connectivity index is 1.07. The molecule has 0 saturated carbocycles. The Kier molecular flexibility index (Phi) is 9.67. The zero-order valence-electron chi connectivity index (χ0n) is 29.4. The van der Waals surface area contributed by atoms with E-state index in [-0.39, 0.29) is 23.0 Å². The summed E-state index contributed by atoms with van der Waals surface area (Å²) in [6.45, 7) is 5.39. The van der Waals surface area contributed by atoms with E-state index in [2.05, 4.69) is 45.7 Å². The van der Waals surface area contributed by atoms with E-state index in [0.717, 1.165) is 80.7 Å². The standard InChI is InChI=1S/C42H51FN4O3/c1-46-19-5-10-33(46)13-18-45-42(49)35-24-32-23-31-22-29-8-2-3-9-30(29)25-37(31)50-41-38(32)34(40(35)48)26-36(43)39(41)47-20-14-28(15-21-47)7-4-6-27-11-16-44-17-12-27/h2-3,8-9,22,24-28,32-33,44H,4-7,10-21,23H2,1H3,(H,45,49). The van der Waals surface area contributed by atoms with Crippen LogP contribution in [0.3, 0.4) is 0 Å². The summed E-state index contributed by atoms with van der Waals surface area (Å²) in [4.78, 5) is 32.1. The minimum atomic E-state index is -0.453. The Morgan fingerprint density at radius 3 is 2.44 bits per heavy atom. The number of likely N-dealkylation sites (tertiary alicyclic amines) is 1. The second-order valence-electron chi connectivity index (χ2n) is 15.5. The number of ether oxygens (including phenoxy) is 1. The number of hydrogen-bond donors (Lipinski definition) is 2. The van der Waals surface area contributed by atoms with Gasteiger partial charge < -0.3 is 25.2 Å². The molecule has 3 fully saturated rings. The summed E-state index contributed by atoms with van der Waals surface area (Å²) in [5.41, 5.74) is 2.51. The summed E-state index contributed by atoms with van der Waals surface area (Å²) in [6, 6.07) is 14.2. The van der Waals surface area contributed by atoms with Crippen molar-refractivity contribution in [2.75, 3.05) is 51.2 Å². The van der Waals surface area contributed by atoms with E-state index >= 15 is 4.39 Å². The summed E-state index contributed by atoms with van der Waals surface area (Å²) >= 11 is 0. The highest BCUT2D eigenvalue weighted by Crippen LogP contribution is 2.51. The lowest BCUT2D eigenvalue weighted by atomic mass is 9.79. The van der Waals surface area contributed by atoms with Crippen LogP contribution in [-0.2, 0) is 11.2 Å². The van der Waals surface area contributed by atoms with Gasteiger partial charge in [-0.1, -0.05) is 49.6 Å². The van der Waals surface area contributed by atoms with Gasteiger partial charge >= 0.3 is 0 Å². The van der Waals surface area contributed by atoms with Gasteiger partial charge in [0.1, 0.15) is 11.4 Å². The largest absolute Gasteiger partial charge is 0.454 e. The third-order valence-corrected chi connectivity index (χ3v) is 12.3. The minimum absolute atomic E-state index is 0.106. The molecule has 5 aliphatic rings. The number of fused-ring (bicyclic) bond motifs is 2. The van der Waals surface area contributed by atoms with Gasteiger partial charge in [-0.15, -0.1) is 0 Å². The van der Waals surface area contributed by atoms with Crippen molar-refractivity contribution < 1.29 is 18.7 Å². The van der Waals surface area contributed by atoms with Crippen LogP contribution in [0, 0.1) is 17.7 Å². The van der Waals surface area contributed by atoms with Crippen LogP contribution in [0.5, 0.6) is 11.5 Å². The fourth-order valence-electron chi connectivity index (χ4n) is 9.40. The van der Waals surface area contributed by atoms with Crippen LogP contribution in [0.1, 0.15) is 91.6 Å². The first-order valence-electron chi connectivity index (χ1n) is 19.2. The molecule has 264 valence electrons. The van der Waals surface area contributed by atoms with E-state index in [1.165, 1.54) is 44.6 Å². The number of carbonyl (C=O) groups is 2. The highest BCUT2D eigenvalue weighted by atomic mass is 19.1. The molecule has 3 aromatic rings. The van der Waals surface area contributed by atoms with Crippen LogP contribution < -0.4 is 20.3 Å². The maximum absolute atomic E-state index is 16.5. The summed E-state index contributed by atoms with van der Waals surface area (Å²) in [5.74, 6) is 1.07. The second-order valence-corrected chi connectivity index (χ2v) is 15.5. The van der Waals surface area contributed by atoms with Crippen LogP contribution >= 0.6 is 0 Å². The summed E-state index contributed by atoms with van der Waals surface area (Å²) in [5, 5.41) is 8.64. The number of nitrogens with one attached hydrogen (secondary N) is 2. The normalized spacial score (nSPS) is 22.9. The molecule has 8 rings (SSSR count). The maximum atomic E-state index is 16.5. The molecule has 0 bridgehead atoms. The van der Waals surface area contributed by atoms with E-state index < -0.39 is 11.6 Å². The van der Waals surface area contributed by atoms with Gasteiger partial charge in [-0.05, 0) is 124 Å². The number of rotatable bonds is 9. The molecule has 8 heteroatoms. The number of allylic oxidation sites excluding steroid dienone is 1. The number of piperidine rings is 2. The van der Waals surface area contributed by atoms with Gasteiger partial charge in [-0.25, -0.2) is 4.39 Å². The third-order valence-electron chi connectivity index (χ3n) is 12.3. The quantitative estimate of drug-likeness (QED) is 0.228. The highest BCUT2D eigenvalue weighted by molar-refractivity contribution is 6.27. The van der Waals surface area contributed by atoms with E-state index in [9.17, 15) is 9.59 Å². The smallest absolute Gasteiger partial charge is 0.254 e. The predicted molar refractivity (Wildman–Crippen MR) is 197 cm³/mol. The number of nitrogens with zero attached hydrogens (tertiary/aromatic N) is 2. The van der Waals surface area contributed by atoms with Crippen molar-refractivity contribution in [3.63, 3.8) is 0 Å². The van der Waals surface area contributed by atoms with Crippen LogP contribution in [0.25, 0.3) is 10.8 Å². The van der Waals surface area contributed by atoms with Gasteiger partial charge in [0.2, 0.25) is 0 Å². The van der Waals surface area contributed by atoms with Crippen LogP contribution in [0.15, 0.2) is 54.1 Å². The Labute approximate surface area is 295 Å². The molecule has 3 aromatic carbocycles. The molecule has 1 aliphatic carbocycles. The molecule has 0 radical (unpaired) electrons. The number of Topliss-reactive ketones (excluding diaryl/α,β-unsaturated/α-hetero) is 1. The van der Waals surface area contributed by atoms with Crippen molar-refractivity contribution in [2.24, 2.45) is 11.8 Å². The van der Waals surface area contributed by atoms with Crippen molar-refractivity contribution in [3.8, 4) is 11.5 Å². The molecule has 7 nitrogen and oxygen atoms in total. The maximum Gasteiger partial charge on any atom is 0.254 e. The average Bonchev–Trinajstić information content (AvgIpc) is 3.47. The molecule has 2 N–H and O–H groups in total. The molecule has 50 heavy (non-hydrogen) atoms. The first-order valence-corrected chi connectivity index (χ1v) is 19.2. The summed E-state index contributed by atoms with van der Waals surface area (Å²) in [7, 11) is 2.12. The topological polar surface area (TPSA) is 73.9 Å². The highest BCUT2D eigenvalue weighted by Gasteiger charge is 2.39. The lowest BCUT2D eigenvalue weighted by Crippen LogP contribution is -2.36. The first kappa shape index (κ1) is 33.4. The Hall–Kier alpha value is -3.75. The van der Waals surface area contributed by atoms with Gasteiger partial charge in [0.15, 0.2) is 17.3 Å². The average molecular weight is 679 g/mol. The first-order chi connectivity index (χ1) is 24.4. The number of hydrogen-bond acceptors (Lipinski definition) is 6. The van der Waals surface area contributed by atoms with Gasteiger partial charge in [0.25, 0.3) is 5.91 Å². The Morgan fingerprint density at radius 2 is 1.70 bits per heavy atom. The van der Waals surface area contributed by atoms with Gasteiger partial charge in [-0.2, -0.15) is 0 Å². The molecule has 0 aromatic heterocycles. The van der Waals surface area contributed by atoms with E-state index in [4.69, 9.17) is 4.74 Å². The summed E-state index contributed by atoms with van der Waals surface area (Å²) in [6.07, 6.45) is 14.0. The second kappa shape index (κ2) is 14.5. The molecule has 0 spiro atoms. The van der Waals surface area contributed by atoms with Crippen LogP contribution in [0.2, 0.25) is 0 Å². The molecule has 2 atom stereocenters. The van der Waals surface area contributed by atoms with Crippen molar-refractivity contribution in [1.29, 1.82) is 0 Å². The van der Waals surface area contributed by atoms with Gasteiger partial charge in [0.05, 0.1) is 5.57 Å². The van der Waals surface area contributed by atoms with E-state index in [1.807, 2.05) is 24.3 Å². The number of benzene rings is 3.